The predicted octanol–water partition coefficient (Wildman–Crippen LogP) is -0.365. The molecule has 0 aliphatic heterocycles. The van der Waals surface area contributed by atoms with Crippen molar-refractivity contribution in [3.8, 4) is 0 Å². The van der Waals surface area contributed by atoms with E-state index >= 15 is 0 Å². The Hall–Kier alpha value is -0.380. The highest BCUT2D eigenvalue weighted by molar-refractivity contribution is 14.1. The number of nitrogens with one attached hydrogen (secondary N) is 1. The number of nitrogens with zero attached hydrogens (tertiary/aromatic N) is 2. The molecule has 2 unspecified atom stereocenters. The molecule has 1 rings (SSSR count). The molecule has 1 aromatic carbocycles. The maximum absolute atomic E-state index is 13.0. The van der Waals surface area contributed by atoms with Crippen LogP contribution in [0, 0.1) is 10.7 Å². The Kier molecular flexibility index (Phi) is 13.2. The van der Waals surface area contributed by atoms with Gasteiger partial charge in [-0.3, -0.25) is 14.4 Å². The van der Waals surface area contributed by atoms with E-state index in [1.165, 1.54) is 23.6 Å². The zero-order valence-electron chi connectivity index (χ0n) is 17.9. The summed E-state index contributed by atoms with van der Waals surface area (Å²) in [5, 5.41) is 50.3. The average Bonchev–Trinajstić information content (AvgIpc) is 2.75. The molecule has 0 aliphatic carbocycles. The van der Waals surface area contributed by atoms with Gasteiger partial charge in [-0.25, -0.2) is 0 Å². The summed E-state index contributed by atoms with van der Waals surface area (Å²) in [7, 11) is 0. The molecule has 14 heteroatoms. The second-order valence-corrected chi connectivity index (χ2v) is 10.2. The summed E-state index contributed by atoms with van der Waals surface area (Å²) in [5.41, 5.74) is 0.612. The summed E-state index contributed by atoms with van der Waals surface area (Å²) in [4.78, 5) is 40.4. The van der Waals surface area contributed by atoms with Crippen LogP contribution in [-0.4, -0.2) is 94.9 Å². The smallest absolute Gasteiger partial charge is 0.253 e. The van der Waals surface area contributed by atoms with Crippen molar-refractivity contribution in [1.82, 2.24) is 5.32 Å². The SMILES string of the molecule is CC(=O)N(CC(O)CO)c1c(I)c(C(=O)NCCO)c(I)c(N(CC(O)CO)C(C)=O)c1I. The van der Waals surface area contributed by atoms with E-state index in [4.69, 9.17) is 5.11 Å². The van der Waals surface area contributed by atoms with Gasteiger partial charge in [0.1, 0.15) is 0 Å². The monoisotopic (exact) mass is 805 g/mol. The molecular weight excluding hydrogens is 779 g/mol. The van der Waals surface area contributed by atoms with Crippen LogP contribution in [-0.2, 0) is 9.59 Å². The standard InChI is InChI=1S/C19H26I3N3O8/c1-9(29)24(5-11(31)7-27)17-14(20)13(19(33)23-3-4-26)15(21)18(16(17)22)25(10(2)30)6-12(32)8-28/h11-12,26-28,31-32H,3-8H2,1-2H3,(H,23,33). The molecule has 0 aliphatic rings. The number of benzene rings is 1. The topological polar surface area (TPSA) is 171 Å². The molecule has 0 fully saturated rings. The first kappa shape index (κ1) is 30.7. The first-order chi connectivity index (χ1) is 15.4. The first-order valence-corrected chi connectivity index (χ1v) is 12.9. The van der Waals surface area contributed by atoms with E-state index in [1.54, 1.807) is 0 Å². The predicted molar refractivity (Wildman–Crippen MR) is 146 cm³/mol. The molecule has 0 heterocycles. The highest BCUT2D eigenvalue weighted by Crippen LogP contribution is 2.42. The minimum absolute atomic E-state index is 0.0268. The van der Waals surface area contributed by atoms with Crippen LogP contribution < -0.4 is 15.1 Å². The average molecular weight is 805 g/mol. The minimum Gasteiger partial charge on any atom is -0.395 e. The number of halogens is 3. The third kappa shape index (κ3) is 7.80. The van der Waals surface area contributed by atoms with Crippen molar-refractivity contribution >= 4 is 96.9 Å². The number of hydrogen-bond acceptors (Lipinski definition) is 8. The van der Waals surface area contributed by atoms with Crippen LogP contribution in [0.15, 0.2) is 0 Å². The van der Waals surface area contributed by atoms with Crippen molar-refractivity contribution in [2.24, 2.45) is 0 Å². The molecule has 11 nitrogen and oxygen atoms in total. The lowest BCUT2D eigenvalue weighted by atomic mass is 10.1. The van der Waals surface area contributed by atoms with E-state index in [0.29, 0.717) is 10.7 Å². The number of aliphatic hydroxyl groups is 5. The maximum atomic E-state index is 13.0. The lowest BCUT2D eigenvalue weighted by Crippen LogP contribution is -2.42. The Morgan fingerprint density at radius 1 is 0.818 bits per heavy atom. The van der Waals surface area contributed by atoms with Gasteiger partial charge >= 0.3 is 0 Å². The van der Waals surface area contributed by atoms with Gasteiger partial charge in [0.15, 0.2) is 0 Å². The van der Waals surface area contributed by atoms with Crippen LogP contribution in [0.4, 0.5) is 11.4 Å². The van der Waals surface area contributed by atoms with Gasteiger partial charge in [-0.05, 0) is 67.8 Å². The summed E-state index contributed by atoms with van der Waals surface area (Å²) < 4.78 is 1.10. The van der Waals surface area contributed by atoms with Crippen molar-refractivity contribution in [3.63, 3.8) is 0 Å². The van der Waals surface area contributed by atoms with Crippen LogP contribution in [0.1, 0.15) is 24.2 Å². The zero-order valence-corrected chi connectivity index (χ0v) is 24.4. The largest absolute Gasteiger partial charge is 0.395 e. The maximum Gasteiger partial charge on any atom is 0.253 e. The molecule has 0 spiro atoms. The van der Waals surface area contributed by atoms with Crippen LogP contribution >= 0.6 is 67.8 Å². The summed E-state index contributed by atoms with van der Waals surface area (Å²) in [6.07, 6.45) is -2.51. The van der Waals surface area contributed by atoms with Crippen molar-refractivity contribution in [1.29, 1.82) is 0 Å². The van der Waals surface area contributed by atoms with Gasteiger partial charge in [0.05, 0.1) is 72.8 Å². The van der Waals surface area contributed by atoms with Gasteiger partial charge in [0, 0.05) is 20.4 Å². The second kappa shape index (κ2) is 14.2. The number of hydrogen-bond donors (Lipinski definition) is 6. The van der Waals surface area contributed by atoms with Crippen LogP contribution in [0.25, 0.3) is 0 Å². The zero-order chi connectivity index (χ0) is 25.5. The Balaban J connectivity index is 3.97. The van der Waals surface area contributed by atoms with Gasteiger partial charge in [-0.15, -0.1) is 0 Å². The highest BCUT2D eigenvalue weighted by atomic mass is 127. The van der Waals surface area contributed by atoms with E-state index in [9.17, 15) is 34.8 Å². The fourth-order valence-corrected chi connectivity index (χ4v) is 7.68. The molecular formula is C19H26I3N3O8. The summed E-state index contributed by atoms with van der Waals surface area (Å²) in [6, 6.07) is 0. The number of carbonyl (C=O) groups excluding carboxylic acids is 3. The van der Waals surface area contributed by atoms with Crippen LogP contribution in [0.5, 0.6) is 0 Å². The first-order valence-electron chi connectivity index (χ1n) is 9.66. The van der Waals surface area contributed by atoms with Gasteiger partial charge in [-0.1, -0.05) is 0 Å². The van der Waals surface area contributed by atoms with E-state index in [-0.39, 0.29) is 43.2 Å². The second-order valence-electron chi connectivity index (χ2n) is 6.93. The number of anilines is 2. The number of rotatable bonds is 11. The molecule has 6 N–H and O–H groups in total. The molecule has 186 valence electrons. The molecule has 0 aromatic heterocycles. The Labute approximate surface area is 231 Å². The molecule has 0 radical (unpaired) electrons. The molecule has 0 saturated carbocycles. The van der Waals surface area contributed by atoms with Gasteiger partial charge in [0.25, 0.3) is 5.91 Å². The van der Waals surface area contributed by atoms with Crippen molar-refractivity contribution in [3.05, 3.63) is 16.3 Å². The van der Waals surface area contributed by atoms with E-state index < -0.39 is 43.1 Å². The normalized spacial score (nSPS) is 12.8. The molecule has 0 bridgehead atoms. The Bertz CT molecular complexity index is 829. The number of carbonyl (C=O) groups is 3. The molecule has 0 saturated heterocycles. The summed E-state index contributed by atoms with van der Waals surface area (Å²) in [5.74, 6) is -1.51. The van der Waals surface area contributed by atoms with E-state index in [0.717, 1.165) is 0 Å². The van der Waals surface area contributed by atoms with Crippen molar-refractivity contribution < 1.29 is 39.9 Å². The van der Waals surface area contributed by atoms with E-state index in [1.807, 2.05) is 67.8 Å². The molecule has 1 aromatic rings. The fourth-order valence-electron chi connectivity index (χ4n) is 2.86. The van der Waals surface area contributed by atoms with Gasteiger partial charge in [0.2, 0.25) is 11.8 Å². The summed E-state index contributed by atoms with van der Waals surface area (Å²) in [6.45, 7) is 0.466. The van der Waals surface area contributed by atoms with Crippen molar-refractivity contribution in [2.45, 2.75) is 26.1 Å². The molecule has 3 amide bonds. The van der Waals surface area contributed by atoms with Gasteiger partial charge < -0.3 is 40.6 Å². The number of amides is 3. The summed E-state index contributed by atoms with van der Waals surface area (Å²) >= 11 is 5.70. The van der Waals surface area contributed by atoms with E-state index in [2.05, 4.69) is 5.32 Å². The van der Waals surface area contributed by atoms with Crippen molar-refractivity contribution in [2.75, 3.05) is 49.3 Å². The van der Waals surface area contributed by atoms with Crippen LogP contribution in [0.3, 0.4) is 0 Å². The molecule has 33 heavy (non-hydrogen) atoms. The third-order valence-electron chi connectivity index (χ3n) is 4.40. The quantitative estimate of drug-likeness (QED) is 0.165. The third-order valence-corrected chi connectivity index (χ3v) is 7.53. The van der Waals surface area contributed by atoms with Gasteiger partial charge in [-0.2, -0.15) is 0 Å². The lowest BCUT2D eigenvalue weighted by molar-refractivity contribution is -0.117. The van der Waals surface area contributed by atoms with Crippen LogP contribution in [0.2, 0.25) is 0 Å². The molecule has 2 atom stereocenters. The highest BCUT2D eigenvalue weighted by Gasteiger charge is 2.33. The Morgan fingerprint density at radius 3 is 1.52 bits per heavy atom. The lowest BCUT2D eigenvalue weighted by Gasteiger charge is -2.32. The Morgan fingerprint density at radius 2 is 1.21 bits per heavy atom. The minimum atomic E-state index is -1.25. The fraction of sp³-hybridized carbons (Fsp3) is 0.526. The number of aliphatic hydroxyl groups excluding tert-OH is 5.